The molecule has 0 radical (unpaired) electrons. The molecule has 2 heteroatoms. The summed E-state index contributed by atoms with van der Waals surface area (Å²) in [6.45, 7) is 0.879. The molecular formula is C16H17NO. The lowest BCUT2D eigenvalue weighted by Crippen LogP contribution is -2.23. The number of unbranched alkanes of at least 4 members (excludes halogenated alkanes) is 1. The Morgan fingerprint density at radius 3 is 2.67 bits per heavy atom. The van der Waals surface area contributed by atoms with Gasteiger partial charge in [-0.05, 0) is 30.7 Å². The maximum absolute atomic E-state index is 5.50. The van der Waals surface area contributed by atoms with Crippen LogP contribution in [0.15, 0.2) is 53.1 Å². The van der Waals surface area contributed by atoms with Gasteiger partial charge < -0.3 is 9.73 Å². The van der Waals surface area contributed by atoms with Gasteiger partial charge in [-0.1, -0.05) is 30.3 Å². The first-order valence-electron chi connectivity index (χ1n) is 6.17. The minimum absolute atomic E-state index is 0.0963. The number of furan rings is 1. The summed E-state index contributed by atoms with van der Waals surface area (Å²) < 4.78 is 5.50. The maximum atomic E-state index is 5.50. The Kier molecular flexibility index (Phi) is 4.63. The van der Waals surface area contributed by atoms with Crippen molar-refractivity contribution in [2.24, 2.45) is 0 Å². The number of rotatable bonds is 6. The fraction of sp³-hybridized carbons (Fsp3) is 0.250. The summed E-state index contributed by atoms with van der Waals surface area (Å²) in [5.41, 5.74) is 1.20. The van der Waals surface area contributed by atoms with Gasteiger partial charge in [0.2, 0.25) is 0 Å². The van der Waals surface area contributed by atoms with Crippen molar-refractivity contribution < 1.29 is 4.42 Å². The normalized spacial score (nSPS) is 11.9. The molecule has 1 aromatic carbocycles. The number of terminal acetylenes is 1. The van der Waals surface area contributed by atoms with Gasteiger partial charge in [0, 0.05) is 6.42 Å². The zero-order valence-corrected chi connectivity index (χ0v) is 10.3. The lowest BCUT2D eigenvalue weighted by molar-refractivity contribution is 0.445. The molecule has 0 aliphatic rings. The van der Waals surface area contributed by atoms with E-state index in [0.717, 1.165) is 25.1 Å². The van der Waals surface area contributed by atoms with Gasteiger partial charge in [0.1, 0.15) is 5.76 Å². The third kappa shape index (κ3) is 3.26. The van der Waals surface area contributed by atoms with Crippen molar-refractivity contribution >= 4 is 0 Å². The highest BCUT2D eigenvalue weighted by atomic mass is 16.3. The zero-order chi connectivity index (χ0) is 12.6. The molecule has 0 spiro atoms. The molecule has 2 nitrogen and oxygen atoms in total. The van der Waals surface area contributed by atoms with Gasteiger partial charge in [-0.2, -0.15) is 0 Å². The average molecular weight is 239 g/mol. The van der Waals surface area contributed by atoms with Crippen molar-refractivity contribution in [1.29, 1.82) is 0 Å². The molecule has 1 aromatic heterocycles. The smallest absolute Gasteiger partial charge is 0.125 e. The second-order valence-corrected chi connectivity index (χ2v) is 4.12. The highest BCUT2D eigenvalue weighted by Gasteiger charge is 2.15. The van der Waals surface area contributed by atoms with Gasteiger partial charge >= 0.3 is 0 Å². The van der Waals surface area contributed by atoms with E-state index >= 15 is 0 Å². The summed E-state index contributed by atoms with van der Waals surface area (Å²) >= 11 is 0. The van der Waals surface area contributed by atoms with Gasteiger partial charge in [-0.15, -0.1) is 12.3 Å². The molecule has 0 saturated carbocycles. The van der Waals surface area contributed by atoms with Gasteiger partial charge in [-0.3, -0.25) is 0 Å². The van der Waals surface area contributed by atoms with Gasteiger partial charge in [0.05, 0.1) is 12.3 Å². The van der Waals surface area contributed by atoms with E-state index in [-0.39, 0.29) is 6.04 Å². The van der Waals surface area contributed by atoms with Gasteiger partial charge in [0.15, 0.2) is 0 Å². The zero-order valence-electron chi connectivity index (χ0n) is 10.3. The van der Waals surface area contributed by atoms with Gasteiger partial charge in [0.25, 0.3) is 0 Å². The maximum Gasteiger partial charge on any atom is 0.125 e. The van der Waals surface area contributed by atoms with E-state index in [1.54, 1.807) is 6.26 Å². The Labute approximate surface area is 108 Å². The molecule has 1 unspecified atom stereocenters. The number of nitrogens with one attached hydrogen (secondary N) is 1. The molecule has 0 aliphatic carbocycles. The number of benzene rings is 1. The molecule has 1 heterocycles. The predicted octanol–water partition coefficient (Wildman–Crippen LogP) is 3.37. The van der Waals surface area contributed by atoms with E-state index in [2.05, 4.69) is 23.4 Å². The molecule has 2 aromatic rings. The molecule has 0 saturated heterocycles. The topological polar surface area (TPSA) is 25.2 Å². The van der Waals surface area contributed by atoms with Crippen LogP contribution in [0.4, 0.5) is 0 Å². The van der Waals surface area contributed by atoms with E-state index in [1.165, 1.54) is 5.56 Å². The number of hydrogen-bond acceptors (Lipinski definition) is 2. The predicted molar refractivity (Wildman–Crippen MR) is 73.1 cm³/mol. The van der Waals surface area contributed by atoms with Crippen LogP contribution in [0, 0.1) is 12.3 Å². The van der Waals surface area contributed by atoms with E-state index in [1.807, 2.05) is 30.3 Å². The Morgan fingerprint density at radius 2 is 2.00 bits per heavy atom. The summed E-state index contributed by atoms with van der Waals surface area (Å²) in [6, 6.07) is 14.3. The lowest BCUT2D eigenvalue weighted by Gasteiger charge is -2.16. The molecule has 1 atom stereocenters. The summed E-state index contributed by atoms with van der Waals surface area (Å²) in [5, 5.41) is 3.48. The van der Waals surface area contributed by atoms with Crippen LogP contribution in [-0.2, 0) is 0 Å². The van der Waals surface area contributed by atoms with Crippen molar-refractivity contribution in [2.75, 3.05) is 6.54 Å². The van der Waals surface area contributed by atoms with Crippen LogP contribution >= 0.6 is 0 Å². The van der Waals surface area contributed by atoms with Crippen molar-refractivity contribution in [1.82, 2.24) is 5.32 Å². The first kappa shape index (κ1) is 12.5. The van der Waals surface area contributed by atoms with Crippen LogP contribution in [0.2, 0.25) is 0 Å². The third-order valence-electron chi connectivity index (χ3n) is 2.81. The Balaban J connectivity index is 2.07. The minimum atomic E-state index is 0.0963. The van der Waals surface area contributed by atoms with Gasteiger partial charge in [-0.25, -0.2) is 0 Å². The monoisotopic (exact) mass is 239 g/mol. The largest absolute Gasteiger partial charge is 0.467 e. The van der Waals surface area contributed by atoms with Crippen molar-refractivity contribution in [3.8, 4) is 12.3 Å². The molecule has 0 fully saturated rings. The summed E-state index contributed by atoms with van der Waals surface area (Å²) in [6.07, 6.45) is 8.73. The van der Waals surface area contributed by atoms with Crippen molar-refractivity contribution in [3.63, 3.8) is 0 Å². The Hall–Kier alpha value is -1.98. The van der Waals surface area contributed by atoms with Crippen molar-refractivity contribution in [2.45, 2.75) is 18.9 Å². The first-order valence-corrected chi connectivity index (χ1v) is 6.17. The standard InChI is InChI=1S/C16H17NO/c1-2-3-7-12-17-16(15-11-8-13-18-15)14-9-5-4-6-10-14/h1,4-6,8-11,13,16-17H,3,7,12H2. The summed E-state index contributed by atoms with van der Waals surface area (Å²) in [4.78, 5) is 0. The second-order valence-electron chi connectivity index (χ2n) is 4.12. The quantitative estimate of drug-likeness (QED) is 0.617. The van der Waals surface area contributed by atoms with Crippen molar-refractivity contribution in [3.05, 3.63) is 60.1 Å². The fourth-order valence-corrected chi connectivity index (χ4v) is 1.92. The highest BCUT2D eigenvalue weighted by molar-refractivity contribution is 5.26. The van der Waals surface area contributed by atoms with Crippen LogP contribution in [-0.4, -0.2) is 6.54 Å². The molecule has 0 aliphatic heterocycles. The average Bonchev–Trinajstić information content (AvgIpc) is 2.94. The Morgan fingerprint density at radius 1 is 1.17 bits per heavy atom. The molecule has 92 valence electrons. The SMILES string of the molecule is C#CCCCNC(c1ccccc1)c1ccco1. The lowest BCUT2D eigenvalue weighted by atomic mass is 10.0. The van der Waals surface area contributed by atoms with Crippen LogP contribution in [0.3, 0.4) is 0 Å². The second kappa shape index (κ2) is 6.68. The molecule has 2 rings (SSSR count). The molecule has 0 bridgehead atoms. The highest BCUT2D eigenvalue weighted by Crippen LogP contribution is 2.22. The van der Waals surface area contributed by atoms with Crippen LogP contribution in [0.5, 0.6) is 0 Å². The first-order chi connectivity index (χ1) is 8.92. The van der Waals surface area contributed by atoms with Crippen LogP contribution in [0.25, 0.3) is 0 Å². The Bertz CT molecular complexity index is 482. The van der Waals surface area contributed by atoms with E-state index < -0.39 is 0 Å². The van der Waals surface area contributed by atoms with E-state index in [4.69, 9.17) is 10.8 Å². The van der Waals surface area contributed by atoms with E-state index in [9.17, 15) is 0 Å². The van der Waals surface area contributed by atoms with Crippen LogP contribution in [0.1, 0.15) is 30.2 Å². The molecule has 18 heavy (non-hydrogen) atoms. The number of hydrogen-bond donors (Lipinski definition) is 1. The summed E-state index contributed by atoms with van der Waals surface area (Å²) in [5.74, 6) is 3.58. The third-order valence-corrected chi connectivity index (χ3v) is 2.81. The minimum Gasteiger partial charge on any atom is -0.467 e. The van der Waals surface area contributed by atoms with Crippen LogP contribution < -0.4 is 5.32 Å². The fourth-order valence-electron chi connectivity index (χ4n) is 1.92. The summed E-state index contributed by atoms with van der Waals surface area (Å²) in [7, 11) is 0. The van der Waals surface area contributed by atoms with E-state index in [0.29, 0.717) is 0 Å². The molecule has 1 N–H and O–H groups in total. The molecular weight excluding hydrogens is 222 g/mol. The molecule has 0 amide bonds.